The van der Waals surface area contributed by atoms with Crippen molar-refractivity contribution in [2.75, 3.05) is 11.2 Å². The highest BCUT2D eigenvalue weighted by Crippen LogP contribution is 2.23. The van der Waals surface area contributed by atoms with Crippen LogP contribution in [-0.2, 0) is 0 Å². The molecule has 0 spiro atoms. The van der Waals surface area contributed by atoms with Gasteiger partial charge in [-0.25, -0.2) is 0 Å². The van der Waals surface area contributed by atoms with Gasteiger partial charge in [0, 0.05) is 5.88 Å². The van der Waals surface area contributed by atoms with Crippen molar-refractivity contribution in [1.29, 1.82) is 0 Å². The number of ether oxygens (including phenoxy) is 1. The van der Waals surface area contributed by atoms with Gasteiger partial charge in [0.1, 0.15) is 5.82 Å². The topological polar surface area (TPSA) is 47.0 Å². The number of hydrogen-bond donors (Lipinski definition) is 1. The molecule has 0 radical (unpaired) electrons. The molecule has 5 heteroatoms. The smallest absolute Gasteiger partial charge is 0.234 e. The Morgan fingerprint density at radius 3 is 2.50 bits per heavy atom. The molecule has 102 valence electrons. The number of halogens is 1. The van der Waals surface area contributed by atoms with Crippen LogP contribution in [0.3, 0.4) is 0 Å². The zero-order chi connectivity index (χ0) is 13.6. The number of aromatic nitrogens is 2. The van der Waals surface area contributed by atoms with Crippen LogP contribution in [0.5, 0.6) is 5.88 Å². The van der Waals surface area contributed by atoms with Crippen molar-refractivity contribution in [3.63, 3.8) is 0 Å². The predicted octanol–water partition coefficient (Wildman–Crippen LogP) is 3.47. The van der Waals surface area contributed by atoms with Gasteiger partial charge >= 0.3 is 0 Å². The molecule has 0 saturated heterocycles. The Hall–Kier alpha value is -1.03. The Morgan fingerprint density at radius 2 is 2.00 bits per heavy atom. The zero-order valence-corrected chi connectivity index (χ0v) is 12.3. The lowest BCUT2D eigenvalue weighted by molar-refractivity contribution is 0.232. The first-order valence-corrected chi connectivity index (χ1v) is 6.91. The second-order valence-electron chi connectivity index (χ2n) is 4.66. The molecule has 0 atom stereocenters. The van der Waals surface area contributed by atoms with E-state index >= 15 is 0 Å². The first-order valence-electron chi connectivity index (χ1n) is 6.38. The van der Waals surface area contributed by atoms with E-state index in [2.05, 4.69) is 29.1 Å². The van der Waals surface area contributed by atoms with Crippen LogP contribution in [0.25, 0.3) is 0 Å². The highest BCUT2D eigenvalue weighted by atomic mass is 35.5. The van der Waals surface area contributed by atoms with Gasteiger partial charge in [0.15, 0.2) is 0 Å². The molecule has 4 nitrogen and oxygen atoms in total. The van der Waals surface area contributed by atoms with Crippen LogP contribution < -0.4 is 10.1 Å². The van der Waals surface area contributed by atoms with Crippen molar-refractivity contribution in [3.8, 4) is 5.88 Å². The maximum atomic E-state index is 6.06. The largest absolute Gasteiger partial charge is 0.474 e. The van der Waals surface area contributed by atoms with Gasteiger partial charge in [-0.3, -0.25) is 4.98 Å². The third kappa shape index (κ3) is 4.02. The predicted molar refractivity (Wildman–Crippen MR) is 75.5 cm³/mol. The minimum atomic E-state index is -0.132. The van der Waals surface area contributed by atoms with E-state index in [1.54, 1.807) is 12.4 Å². The van der Waals surface area contributed by atoms with E-state index in [1.807, 2.05) is 13.8 Å². The summed E-state index contributed by atoms with van der Waals surface area (Å²) in [6, 6.07) is 0. The maximum Gasteiger partial charge on any atom is 0.234 e. The maximum absolute atomic E-state index is 6.06. The molecule has 18 heavy (non-hydrogen) atoms. The number of nitrogens with zero attached hydrogens (tertiary/aromatic N) is 2. The molecule has 0 amide bonds. The Bertz CT molecular complexity index is 359. The van der Waals surface area contributed by atoms with Crippen LogP contribution in [0.15, 0.2) is 12.4 Å². The van der Waals surface area contributed by atoms with Gasteiger partial charge in [-0.2, -0.15) is 4.98 Å². The molecule has 0 aliphatic rings. The summed E-state index contributed by atoms with van der Waals surface area (Å²) >= 11 is 6.06. The first-order chi connectivity index (χ1) is 8.55. The molecular weight excluding hydrogens is 250 g/mol. The van der Waals surface area contributed by atoms with Gasteiger partial charge in [0.25, 0.3) is 0 Å². The van der Waals surface area contributed by atoms with E-state index in [4.69, 9.17) is 16.3 Å². The minimum absolute atomic E-state index is 0.0877. The van der Waals surface area contributed by atoms with Gasteiger partial charge in [-0.1, -0.05) is 13.8 Å². The fourth-order valence-electron chi connectivity index (χ4n) is 1.63. The molecule has 1 aromatic rings. The average molecular weight is 272 g/mol. The van der Waals surface area contributed by atoms with Crippen molar-refractivity contribution in [2.24, 2.45) is 0 Å². The van der Waals surface area contributed by atoms with E-state index in [0.29, 0.717) is 17.6 Å². The Labute approximate surface area is 114 Å². The number of alkyl halides is 1. The number of hydrogen-bond acceptors (Lipinski definition) is 4. The monoisotopic (exact) mass is 271 g/mol. The first kappa shape index (κ1) is 15.0. The van der Waals surface area contributed by atoms with E-state index in [9.17, 15) is 0 Å². The van der Waals surface area contributed by atoms with Gasteiger partial charge in [-0.15, -0.1) is 11.6 Å². The van der Waals surface area contributed by atoms with Crippen molar-refractivity contribution in [2.45, 2.75) is 52.2 Å². The summed E-state index contributed by atoms with van der Waals surface area (Å²) < 4.78 is 5.52. The summed E-state index contributed by atoms with van der Waals surface area (Å²) in [6.07, 6.45) is 5.27. The lowest BCUT2D eigenvalue weighted by atomic mass is 9.95. The highest BCUT2D eigenvalue weighted by Gasteiger charge is 2.25. The molecule has 0 aliphatic heterocycles. The van der Waals surface area contributed by atoms with Crippen LogP contribution >= 0.6 is 11.6 Å². The van der Waals surface area contributed by atoms with Crippen molar-refractivity contribution >= 4 is 17.4 Å². The molecular formula is C13H22ClN3O. The molecule has 0 fully saturated rings. The van der Waals surface area contributed by atoms with E-state index < -0.39 is 0 Å². The summed E-state index contributed by atoms with van der Waals surface area (Å²) in [7, 11) is 0. The zero-order valence-electron chi connectivity index (χ0n) is 11.5. The molecule has 0 unspecified atom stereocenters. The van der Waals surface area contributed by atoms with Crippen molar-refractivity contribution in [3.05, 3.63) is 12.4 Å². The summed E-state index contributed by atoms with van der Waals surface area (Å²) in [5, 5.41) is 3.37. The van der Waals surface area contributed by atoms with Crippen molar-refractivity contribution < 1.29 is 4.74 Å². The second-order valence-corrected chi connectivity index (χ2v) is 4.92. The fourth-order valence-corrected chi connectivity index (χ4v) is 2.07. The van der Waals surface area contributed by atoms with Crippen LogP contribution in [0.1, 0.15) is 40.5 Å². The Kier molecular flexibility index (Phi) is 5.66. The SMILES string of the molecule is CCC(CC)(CCl)Nc1cncc(OC(C)C)n1. The third-order valence-electron chi connectivity index (χ3n) is 2.97. The standard InChI is InChI=1S/C13H22ClN3O/c1-5-13(6-2,9-14)17-11-7-15-8-12(16-11)18-10(3)4/h7-8,10H,5-6,9H2,1-4H3,(H,16,17). The van der Waals surface area contributed by atoms with Gasteiger partial charge in [0.05, 0.1) is 24.0 Å². The summed E-state index contributed by atoms with van der Waals surface area (Å²) in [5.74, 6) is 1.78. The normalized spacial score (nSPS) is 11.7. The lowest BCUT2D eigenvalue weighted by Crippen LogP contribution is -2.39. The van der Waals surface area contributed by atoms with Crippen LogP contribution in [0, 0.1) is 0 Å². The molecule has 1 rings (SSSR count). The fraction of sp³-hybridized carbons (Fsp3) is 0.692. The second kappa shape index (κ2) is 6.78. The van der Waals surface area contributed by atoms with Crippen molar-refractivity contribution in [1.82, 2.24) is 9.97 Å². The summed E-state index contributed by atoms with van der Waals surface area (Å²) in [6.45, 7) is 8.15. The quantitative estimate of drug-likeness (QED) is 0.772. The lowest BCUT2D eigenvalue weighted by Gasteiger charge is -2.31. The number of anilines is 1. The number of rotatable bonds is 7. The van der Waals surface area contributed by atoms with Gasteiger partial charge < -0.3 is 10.1 Å². The van der Waals surface area contributed by atoms with Crippen LogP contribution in [0.2, 0.25) is 0 Å². The van der Waals surface area contributed by atoms with Gasteiger partial charge in [-0.05, 0) is 26.7 Å². The average Bonchev–Trinajstić information content (AvgIpc) is 2.36. The molecule has 1 aromatic heterocycles. The van der Waals surface area contributed by atoms with Crippen LogP contribution in [-0.4, -0.2) is 27.5 Å². The molecule has 1 N–H and O–H groups in total. The van der Waals surface area contributed by atoms with E-state index in [1.165, 1.54) is 0 Å². The van der Waals surface area contributed by atoms with Crippen LogP contribution in [0.4, 0.5) is 5.82 Å². The molecule has 0 aromatic carbocycles. The highest BCUT2D eigenvalue weighted by molar-refractivity contribution is 6.18. The van der Waals surface area contributed by atoms with E-state index in [-0.39, 0.29) is 11.6 Å². The Balaban J connectivity index is 2.83. The Morgan fingerprint density at radius 1 is 1.33 bits per heavy atom. The molecule has 0 saturated carbocycles. The summed E-state index contributed by atoms with van der Waals surface area (Å²) in [4.78, 5) is 8.52. The molecule has 0 aliphatic carbocycles. The molecule has 1 heterocycles. The van der Waals surface area contributed by atoms with E-state index in [0.717, 1.165) is 12.8 Å². The summed E-state index contributed by atoms with van der Waals surface area (Å²) in [5.41, 5.74) is -0.132. The van der Waals surface area contributed by atoms with Gasteiger partial charge in [0.2, 0.25) is 5.88 Å². The third-order valence-corrected chi connectivity index (χ3v) is 3.48. The molecule has 0 bridgehead atoms. The number of nitrogens with one attached hydrogen (secondary N) is 1. The minimum Gasteiger partial charge on any atom is -0.474 e.